The minimum atomic E-state index is 0.601. The molecule has 0 spiro atoms. The molecule has 7 heteroatoms. The monoisotopic (exact) mass is 319 g/mol. The van der Waals surface area contributed by atoms with Crippen LogP contribution < -0.4 is 10.1 Å². The Labute approximate surface area is 134 Å². The van der Waals surface area contributed by atoms with Gasteiger partial charge in [-0.05, 0) is 13.0 Å². The van der Waals surface area contributed by atoms with Crippen LogP contribution in [0.2, 0.25) is 0 Å². The summed E-state index contributed by atoms with van der Waals surface area (Å²) in [7, 11) is 5.38. The molecule has 2 aromatic heterocycles. The Kier molecular flexibility index (Phi) is 5.71. The number of thiazole rings is 1. The highest BCUT2D eigenvalue weighted by atomic mass is 32.1. The van der Waals surface area contributed by atoms with Gasteiger partial charge in [-0.25, -0.2) is 9.97 Å². The van der Waals surface area contributed by atoms with Gasteiger partial charge in [0, 0.05) is 37.8 Å². The Hall–Kier alpha value is -2.15. The Balaban J connectivity index is 1.97. The molecule has 0 fully saturated rings. The van der Waals surface area contributed by atoms with Crippen molar-refractivity contribution in [2.75, 3.05) is 21.2 Å². The standard InChI is InChI=1S/C15H21N5OS/c1-11-19-13(10-22-11)9-20(3)15(16-2)18-8-12-6-5-7-17-14(12)21-4/h5-7,10H,8-9H2,1-4H3,(H,16,18). The van der Waals surface area contributed by atoms with Crippen molar-refractivity contribution in [3.63, 3.8) is 0 Å². The molecule has 1 N–H and O–H groups in total. The first-order chi connectivity index (χ1) is 10.6. The van der Waals surface area contributed by atoms with Gasteiger partial charge in [0.15, 0.2) is 5.96 Å². The minimum Gasteiger partial charge on any atom is -0.481 e. The fourth-order valence-electron chi connectivity index (χ4n) is 2.10. The summed E-state index contributed by atoms with van der Waals surface area (Å²) in [5.41, 5.74) is 2.04. The first kappa shape index (κ1) is 16.2. The van der Waals surface area contributed by atoms with Crippen LogP contribution in [0.1, 0.15) is 16.3 Å². The molecule has 2 rings (SSSR count). The van der Waals surface area contributed by atoms with Crippen molar-refractivity contribution < 1.29 is 4.74 Å². The zero-order chi connectivity index (χ0) is 15.9. The summed E-state index contributed by atoms with van der Waals surface area (Å²) in [6.45, 7) is 3.33. The lowest BCUT2D eigenvalue weighted by Gasteiger charge is -2.21. The number of hydrogen-bond donors (Lipinski definition) is 1. The fraction of sp³-hybridized carbons (Fsp3) is 0.400. The van der Waals surface area contributed by atoms with Crippen LogP contribution in [0, 0.1) is 6.92 Å². The highest BCUT2D eigenvalue weighted by Gasteiger charge is 2.10. The lowest BCUT2D eigenvalue weighted by atomic mass is 10.2. The Morgan fingerprint density at radius 2 is 2.32 bits per heavy atom. The lowest BCUT2D eigenvalue weighted by molar-refractivity contribution is 0.391. The molecule has 0 aliphatic rings. The third-order valence-electron chi connectivity index (χ3n) is 3.12. The number of aromatic nitrogens is 2. The maximum Gasteiger partial charge on any atom is 0.218 e. The molecule has 0 unspecified atom stereocenters. The second kappa shape index (κ2) is 7.74. The summed E-state index contributed by atoms with van der Waals surface area (Å²) in [4.78, 5) is 15.0. The molecule has 6 nitrogen and oxygen atoms in total. The number of nitrogens with one attached hydrogen (secondary N) is 1. The van der Waals surface area contributed by atoms with Crippen LogP contribution in [0.3, 0.4) is 0 Å². The number of aliphatic imine (C=N–C) groups is 1. The van der Waals surface area contributed by atoms with Gasteiger partial charge in [-0.2, -0.15) is 0 Å². The van der Waals surface area contributed by atoms with Gasteiger partial charge in [0.25, 0.3) is 0 Å². The van der Waals surface area contributed by atoms with Gasteiger partial charge < -0.3 is 15.0 Å². The van der Waals surface area contributed by atoms with Crippen molar-refractivity contribution >= 4 is 17.3 Å². The van der Waals surface area contributed by atoms with Crippen molar-refractivity contribution in [2.45, 2.75) is 20.0 Å². The van der Waals surface area contributed by atoms with Crippen LogP contribution in [-0.2, 0) is 13.1 Å². The fourth-order valence-corrected chi connectivity index (χ4v) is 2.70. The molecule has 0 saturated carbocycles. The summed E-state index contributed by atoms with van der Waals surface area (Å²) in [5.74, 6) is 1.43. The van der Waals surface area contributed by atoms with E-state index in [9.17, 15) is 0 Å². The second-order valence-corrected chi connectivity index (χ2v) is 5.85. The molecule has 0 atom stereocenters. The summed E-state index contributed by atoms with van der Waals surface area (Å²) >= 11 is 1.66. The first-order valence-corrected chi connectivity index (χ1v) is 7.82. The van der Waals surface area contributed by atoms with Crippen LogP contribution in [0.15, 0.2) is 28.7 Å². The quantitative estimate of drug-likeness (QED) is 0.675. The molecular weight excluding hydrogens is 298 g/mol. The number of nitrogens with zero attached hydrogens (tertiary/aromatic N) is 4. The number of rotatable bonds is 5. The smallest absolute Gasteiger partial charge is 0.218 e. The molecule has 0 aliphatic carbocycles. The van der Waals surface area contributed by atoms with E-state index < -0.39 is 0 Å². The summed E-state index contributed by atoms with van der Waals surface area (Å²) < 4.78 is 5.26. The topological polar surface area (TPSA) is 62.6 Å². The Bertz CT molecular complexity index is 640. The lowest BCUT2D eigenvalue weighted by Crippen LogP contribution is -2.38. The molecule has 118 valence electrons. The van der Waals surface area contributed by atoms with Crippen LogP contribution in [-0.4, -0.2) is 42.0 Å². The van der Waals surface area contributed by atoms with E-state index in [-0.39, 0.29) is 0 Å². The molecule has 22 heavy (non-hydrogen) atoms. The average molecular weight is 319 g/mol. The average Bonchev–Trinajstić information content (AvgIpc) is 2.93. The highest BCUT2D eigenvalue weighted by Crippen LogP contribution is 2.13. The van der Waals surface area contributed by atoms with E-state index in [1.807, 2.05) is 31.0 Å². The van der Waals surface area contributed by atoms with Crippen molar-refractivity contribution in [1.29, 1.82) is 0 Å². The Morgan fingerprint density at radius 1 is 1.50 bits per heavy atom. The molecular formula is C15H21N5OS. The van der Waals surface area contributed by atoms with E-state index in [1.165, 1.54) is 0 Å². The van der Waals surface area contributed by atoms with E-state index in [1.54, 1.807) is 31.7 Å². The zero-order valence-electron chi connectivity index (χ0n) is 13.3. The SMILES string of the molecule is CN=C(NCc1cccnc1OC)N(C)Cc1csc(C)n1. The molecule has 0 amide bonds. The van der Waals surface area contributed by atoms with Crippen LogP contribution in [0.4, 0.5) is 0 Å². The highest BCUT2D eigenvalue weighted by molar-refractivity contribution is 7.09. The number of hydrogen-bond acceptors (Lipinski definition) is 5. The van der Waals surface area contributed by atoms with E-state index in [0.29, 0.717) is 19.0 Å². The van der Waals surface area contributed by atoms with Gasteiger partial charge in [0.2, 0.25) is 5.88 Å². The summed E-state index contributed by atoms with van der Waals surface area (Å²) in [6.07, 6.45) is 1.72. The molecule has 0 radical (unpaired) electrons. The van der Waals surface area contributed by atoms with Crippen LogP contribution in [0.5, 0.6) is 5.88 Å². The van der Waals surface area contributed by atoms with E-state index in [0.717, 1.165) is 22.2 Å². The third-order valence-corrected chi connectivity index (χ3v) is 3.94. The number of pyridine rings is 1. The van der Waals surface area contributed by atoms with Gasteiger partial charge >= 0.3 is 0 Å². The predicted octanol–water partition coefficient (Wildman–Crippen LogP) is 2.06. The summed E-state index contributed by atoms with van der Waals surface area (Å²) in [6, 6.07) is 3.87. The molecule has 0 aliphatic heterocycles. The first-order valence-electron chi connectivity index (χ1n) is 6.94. The second-order valence-electron chi connectivity index (χ2n) is 4.79. The maximum atomic E-state index is 5.26. The van der Waals surface area contributed by atoms with Crippen LogP contribution in [0.25, 0.3) is 0 Å². The van der Waals surface area contributed by atoms with Gasteiger partial charge in [0.05, 0.1) is 24.4 Å². The predicted molar refractivity (Wildman–Crippen MR) is 89.3 cm³/mol. The maximum absolute atomic E-state index is 5.26. The van der Waals surface area contributed by atoms with Crippen molar-refractivity contribution in [2.24, 2.45) is 4.99 Å². The third kappa shape index (κ3) is 4.17. The van der Waals surface area contributed by atoms with E-state index in [2.05, 4.69) is 25.7 Å². The Morgan fingerprint density at radius 3 is 2.95 bits per heavy atom. The van der Waals surface area contributed by atoms with Crippen LogP contribution >= 0.6 is 11.3 Å². The number of ether oxygens (including phenoxy) is 1. The molecule has 2 heterocycles. The molecule has 0 saturated heterocycles. The normalized spacial score (nSPS) is 11.4. The molecule has 2 aromatic rings. The van der Waals surface area contributed by atoms with Gasteiger partial charge in [0.1, 0.15) is 0 Å². The number of methoxy groups -OCH3 is 1. The van der Waals surface area contributed by atoms with E-state index in [4.69, 9.17) is 4.74 Å². The molecule has 0 bridgehead atoms. The van der Waals surface area contributed by atoms with Gasteiger partial charge in [-0.1, -0.05) is 6.07 Å². The number of aryl methyl sites for hydroxylation is 1. The minimum absolute atomic E-state index is 0.601. The largest absolute Gasteiger partial charge is 0.481 e. The van der Waals surface area contributed by atoms with Gasteiger partial charge in [-0.3, -0.25) is 4.99 Å². The van der Waals surface area contributed by atoms with Crippen molar-refractivity contribution in [3.05, 3.63) is 40.0 Å². The zero-order valence-corrected chi connectivity index (χ0v) is 14.1. The molecule has 0 aromatic carbocycles. The summed E-state index contributed by atoms with van der Waals surface area (Å²) in [5, 5.41) is 6.47. The van der Waals surface area contributed by atoms with Crippen molar-refractivity contribution in [1.82, 2.24) is 20.2 Å². The van der Waals surface area contributed by atoms with E-state index >= 15 is 0 Å². The van der Waals surface area contributed by atoms with Crippen molar-refractivity contribution in [3.8, 4) is 5.88 Å². The van der Waals surface area contributed by atoms with Gasteiger partial charge in [-0.15, -0.1) is 11.3 Å². The number of guanidine groups is 1.